The van der Waals surface area contributed by atoms with Crippen LogP contribution in [0.2, 0.25) is 0 Å². The van der Waals surface area contributed by atoms with Gasteiger partial charge in [-0.2, -0.15) is 5.10 Å². The second-order valence-electron chi connectivity index (χ2n) is 6.64. The lowest BCUT2D eigenvalue weighted by Gasteiger charge is -2.16. The van der Waals surface area contributed by atoms with Gasteiger partial charge < -0.3 is 9.64 Å². The molecule has 3 aromatic rings. The van der Waals surface area contributed by atoms with E-state index in [9.17, 15) is 14.4 Å². The van der Waals surface area contributed by atoms with E-state index in [4.69, 9.17) is 4.74 Å². The Bertz CT molecular complexity index is 1060. The second kappa shape index (κ2) is 8.35. The molecule has 0 radical (unpaired) electrons. The highest BCUT2D eigenvalue weighted by molar-refractivity contribution is 7.09. The molecule has 2 aromatic heterocycles. The quantitative estimate of drug-likeness (QED) is 0.596. The Labute approximate surface area is 166 Å². The predicted molar refractivity (Wildman–Crippen MR) is 107 cm³/mol. The molecule has 0 saturated heterocycles. The zero-order valence-corrected chi connectivity index (χ0v) is 16.7. The lowest BCUT2D eigenvalue weighted by molar-refractivity contribution is -0.133. The van der Waals surface area contributed by atoms with E-state index in [0.717, 1.165) is 4.88 Å². The Morgan fingerprint density at radius 1 is 1.18 bits per heavy atom. The molecule has 1 amide bonds. The monoisotopic (exact) mass is 399 g/mol. The molecule has 2 heterocycles. The molecule has 8 heteroatoms. The van der Waals surface area contributed by atoms with Gasteiger partial charge in [-0.25, -0.2) is 9.48 Å². The number of rotatable bonds is 6. The molecule has 0 aliphatic rings. The van der Waals surface area contributed by atoms with Gasteiger partial charge in [-0.3, -0.25) is 9.59 Å². The van der Waals surface area contributed by atoms with Gasteiger partial charge in [0.25, 0.3) is 11.5 Å². The maximum absolute atomic E-state index is 12.6. The number of hydrogen-bond donors (Lipinski definition) is 0. The van der Waals surface area contributed by atoms with Crippen molar-refractivity contribution >= 4 is 34.0 Å². The minimum absolute atomic E-state index is 0.0256. The third kappa shape index (κ3) is 4.12. The van der Waals surface area contributed by atoms with Crippen LogP contribution in [0.15, 0.2) is 46.6 Å². The number of nitrogens with zero attached hydrogens (tertiary/aromatic N) is 3. The first-order valence-corrected chi connectivity index (χ1v) is 9.71. The zero-order chi connectivity index (χ0) is 20.3. The molecule has 0 saturated carbocycles. The summed E-state index contributed by atoms with van der Waals surface area (Å²) in [6.07, 6.45) is 0. The topological polar surface area (TPSA) is 81.5 Å². The first-order valence-electron chi connectivity index (χ1n) is 8.83. The molecule has 146 valence electrons. The maximum Gasteiger partial charge on any atom is 0.359 e. The van der Waals surface area contributed by atoms with E-state index >= 15 is 0 Å². The van der Waals surface area contributed by atoms with Crippen LogP contribution in [0.3, 0.4) is 0 Å². The smallest absolute Gasteiger partial charge is 0.359 e. The number of thiophene rings is 1. The van der Waals surface area contributed by atoms with Crippen LogP contribution < -0.4 is 5.56 Å². The molecule has 0 unspecified atom stereocenters. The van der Waals surface area contributed by atoms with Crippen molar-refractivity contribution in [2.75, 3.05) is 13.7 Å². The molecule has 0 atom stereocenters. The molecule has 0 spiro atoms. The molecular formula is C20H21N3O4S. The molecule has 7 nitrogen and oxygen atoms in total. The standard InChI is InChI=1S/C20H21N3O4S/c1-13(2)23-19(25)16-9-5-4-8-15(16)18(21-23)20(26)27-12-17(24)22(3)11-14-7-6-10-28-14/h4-10,13H,11-12H2,1-3H3. The van der Waals surface area contributed by atoms with Crippen LogP contribution >= 0.6 is 11.3 Å². The Morgan fingerprint density at radius 3 is 2.54 bits per heavy atom. The zero-order valence-electron chi connectivity index (χ0n) is 15.9. The summed E-state index contributed by atoms with van der Waals surface area (Å²) in [5, 5.41) is 6.93. The van der Waals surface area contributed by atoms with E-state index < -0.39 is 12.6 Å². The number of hydrogen-bond acceptors (Lipinski definition) is 6. The lowest BCUT2D eigenvalue weighted by atomic mass is 10.1. The average Bonchev–Trinajstić information content (AvgIpc) is 3.19. The van der Waals surface area contributed by atoms with Crippen molar-refractivity contribution in [3.63, 3.8) is 0 Å². The Balaban J connectivity index is 1.79. The number of aromatic nitrogens is 2. The van der Waals surface area contributed by atoms with Crippen LogP contribution in [-0.2, 0) is 16.1 Å². The lowest BCUT2D eigenvalue weighted by Crippen LogP contribution is -2.32. The number of ether oxygens (including phenoxy) is 1. The van der Waals surface area contributed by atoms with E-state index in [2.05, 4.69) is 5.10 Å². The van der Waals surface area contributed by atoms with Crippen molar-refractivity contribution in [2.45, 2.75) is 26.4 Å². The molecule has 3 rings (SSSR count). The number of amides is 1. The first kappa shape index (κ1) is 19.8. The van der Waals surface area contributed by atoms with Crippen LogP contribution in [0, 0.1) is 0 Å². The summed E-state index contributed by atoms with van der Waals surface area (Å²) < 4.78 is 6.46. The van der Waals surface area contributed by atoms with Crippen molar-refractivity contribution in [1.82, 2.24) is 14.7 Å². The van der Waals surface area contributed by atoms with Crippen LogP contribution in [0.4, 0.5) is 0 Å². The highest BCUT2D eigenvalue weighted by Gasteiger charge is 2.20. The Hall–Kier alpha value is -3.00. The molecule has 28 heavy (non-hydrogen) atoms. The fourth-order valence-electron chi connectivity index (χ4n) is 2.74. The minimum atomic E-state index is -0.733. The highest BCUT2D eigenvalue weighted by atomic mass is 32.1. The third-order valence-corrected chi connectivity index (χ3v) is 5.10. The molecular weight excluding hydrogens is 378 g/mol. The van der Waals surface area contributed by atoms with Crippen LogP contribution in [0.5, 0.6) is 0 Å². The SMILES string of the molecule is CC(C)n1nc(C(=O)OCC(=O)N(C)Cc2cccs2)c2ccccc2c1=O. The molecule has 0 bridgehead atoms. The van der Waals surface area contributed by atoms with Gasteiger partial charge in [-0.15, -0.1) is 11.3 Å². The molecule has 0 aliphatic carbocycles. The molecule has 0 fully saturated rings. The Morgan fingerprint density at radius 2 is 1.89 bits per heavy atom. The van der Waals surface area contributed by atoms with Crippen molar-refractivity contribution < 1.29 is 14.3 Å². The van der Waals surface area contributed by atoms with Crippen molar-refractivity contribution in [1.29, 1.82) is 0 Å². The van der Waals surface area contributed by atoms with E-state index in [1.807, 2.05) is 17.5 Å². The summed E-state index contributed by atoms with van der Waals surface area (Å²) in [6, 6.07) is 10.4. The number of fused-ring (bicyclic) bond motifs is 1. The number of benzene rings is 1. The summed E-state index contributed by atoms with van der Waals surface area (Å²) in [4.78, 5) is 40.0. The summed E-state index contributed by atoms with van der Waals surface area (Å²) in [5.74, 6) is -1.05. The third-order valence-electron chi connectivity index (χ3n) is 4.24. The molecule has 1 aromatic carbocycles. The van der Waals surface area contributed by atoms with Gasteiger partial charge in [0.05, 0.1) is 18.0 Å². The van der Waals surface area contributed by atoms with Gasteiger partial charge in [0.2, 0.25) is 0 Å². The maximum atomic E-state index is 12.6. The van der Waals surface area contributed by atoms with Crippen molar-refractivity contribution in [3.8, 4) is 0 Å². The van der Waals surface area contributed by atoms with E-state index in [0.29, 0.717) is 17.3 Å². The van der Waals surface area contributed by atoms with Gasteiger partial charge in [0.15, 0.2) is 12.3 Å². The fourth-order valence-corrected chi connectivity index (χ4v) is 3.49. The summed E-state index contributed by atoms with van der Waals surface area (Å²) in [7, 11) is 1.66. The van der Waals surface area contributed by atoms with Crippen LogP contribution in [0.25, 0.3) is 10.8 Å². The van der Waals surface area contributed by atoms with Gasteiger partial charge in [-0.05, 0) is 31.4 Å². The van der Waals surface area contributed by atoms with Crippen LogP contribution in [0.1, 0.15) is 35.3 Å². The molecule has 0 aliphatic heterocycles. The van der Waals surface area contributed by atoms with Crippen molar-refractivity contribution in [3.05, 3.63) is 62.7 Å². The largest absolute Gasteiger partial charge is 0.451 e. The first-order chi connectivity index (χ1) is 13.4. The number of esters is 1. The highest BCUT2D eigenvalue weighted by Crippen LogP contribution is 2.16. The fraction of sp³-hybridized carbons (Fsp3) is 0.300. The van der Waals surface area contributed by atoms with Gasteiger partial charge in [0, 0.05) is 17.3 Å². The second-order valence-corrected chi connectivity index (χ2v) is 7.68. The summed E-state index contributed by atoms with van der Waals surface area (Å²) in [6.45, 7) is 3.67. The van der Waals surface area contributed by atoms with Gasteiger partial charge >= 0.3 is 5.97 Å². The van der Waals surface area contributed by atoms with E-state index in [-0.39, 0.29) is 23.2 Å². The van der Waals surface area contributed by atoms with Gasteiger partial charge in [0.1, 0.15) is 0 Å². The van der Waals surface area contributed by atoms with Crippen molar-refractivity contribution in [2.24, 2.45) is 0 Å². The van der Waals surface area contributed by atoms with Crippen LogP contribution in [-0.4, -0.2) is 40.2 Å². The molecule has 0 N–H and O–H groups in total. The van der Waals surface area contributed by atoms with E-state index in [1.54, 1.807) is 56.5 Å². The number of carbonyl (C=O) groups is 2. The normalized spacial score (nSPS) is 11.0. The van der Waals surface area contributed by atoms with Gasteiger partial charge in [-0.1, -0.05) is 24.3 Å². The summed E-state index contributed by atoms with van der Waals surface area (Å²) >= 11 is 1.55. The minimum Gasteiger partial charge on any atom is -0.451 e. The predicted octanol–water partition coefficient (Wildman–Crippen LogP) is 2.85. The van der Waals surface area contributed by atoms with E-state index in [1.165, 1.54) is 9.58 Å². The number of carbonyl (C=O) groups excluding carboxylic acids is 2. The summed E-state index contributed by atoms with van der Waals surface area (Å²) in [5.41, 5.74) is -0.244. The number of likely N-dealkylation sites (N-methyl/N-ethyl adjacent to an activating group) is 1. The average molecular weight is 399 g/mol. The Kier molecular flexibility index (Phi) is 5.89.